The Hall–Kier alpha value is -2.15. The van der Waals surface area contributed by atoms with E-state index < -0.39 is 0 Å². The Morgan fingerprint density at radius 3 is 3.15 bits per heavy atom. The zero-order valence-corrected chi connectivity index (χ0v) is 11.6. The molecule has 20 heavy (non-hydrogen) atoms. The van der Waals surface area contributed by atoms with E-state index in [1.54, 1.807) is 11.1 Å². The number of nitrogens with two attached hydrogens (primary N) is 1. The van der Waals surface area contributed by atoms with E-state index in [1.807, 2.05) is 12.1 Å². The van der Waals surface area contributed by atoms with Gasteiger partial charge in [-0.2, -0.15) is 0 Å². The van der Waals surface area contributed by atoms with Gasteiger partial charge < -0.3 is 16.0 Å². The van der Waals surface area contributed by atoms with Crippen LogP contribution in [0.5, 0.6) is 0 Å². The number of anilines is 1. The number of nitrogen functional groups attached to an aromatic ring is 1. The molecule has 6 nitrogen and oxygen atoms in total. The lowest BCUT2D eigenvalue weighted by Crippen LogP contribution is -2.37. The van der Waals surface area contributed by atoms with Crippen LogP contribution in [0, 0.1) is 0 Å². The Bertz CT molecular complexity index is 682. The van der Waals surface area contributed by atoms with Crippen LogP contribution in [-0.4, -0.2) is 41.3 Å². The number of carbonyl (C=O) groups excluding carboxylic acids is 2. The first-order valence-corrected chi connectivity index (χ1v) is 7.17. The molecule has 0 aromatic carbocycles. The fourth-order valence-electron chi connectivity index (χ4n) is 2.23. The van der Waals surface area contributed by atoms with E-state index in [9.17, 15) is 9.59 Å². The minimum atomic E-state index is -0.192. The van der Waals surface area contributed by atoms with Crippen LogP contribution in [-0.2, 0) is 4.79 Å². The first-order valence-electron chi connectivity index (χ1n) is 6.36. The smallest absolute Gasteiger partial charge is 0.266 e. The highest BCUT2D eigenvalue weighted by Gasteiger charge is 2.25. The average molecular weight is 290 g/mol. The molecule has 0 spiro atoms. The van der Waals surface area contributed by atoms with Crippen molar-refractivity contribution in [1.82, 2.24) is 15.2 Å². The molecule has 2 aromatic heterocycles. The third-order valence-corrected chi connectivity index (χ3v) is 4.37. The highest BCUT2D eigenvalue weighted by molar-refractivity contribution is 7.21. The lowest BCUT2D eigenvalue weighted by atomic mass is 10.3. The minimum Gasteiger partial charge on any atom is -0.396 e. The molecule has 3 heterocycles. The first kappa shape index (κ1) is 12.9. The largest absolute Gasteiger partial charge is 0.396 e. The van der Waals surface area contributed by atoms with Gasteiger partial charge in [0.15, 0.2) is 0 Å². The van der Waals surface area contributed by atoms with Crippen molar-refractivity contribution < 1.29 is 9.59 Å². The molecule has 7 heteroatoms. The molecule has 0 atom stereocenters. The van der Waals surface area contributed by atoms with Crippen molar-refractivity contribution in [3.63, 3.8) is 0 Å². The molecule has 3 N–H and O–H groups in total. The molecule has 1 aliphatic heterocycles. The zero-order valence-electron chi connectivity index (χ0n) is 10.8. The van der Waals surface area contributed by atoms with Crippen LogP contribution in [0.4, 0.5) is 5.69 Å². The molecule has 2 aromatic rings. The number of amides is 2. The van der Waals surface area contributed by atoms with E-state index >= 15 is 0 Å². The quantitative estimate of drug-likeness (QED) is 0.814. The lowest BCUT2D eigenvalue weighted by molar-refractivity contribution is -0.121. The summed E-state index contributed by atoms with van der Waals surface area (Å²) in [6.07, 6.45) is 2.40. The molecule has 0 bridgehead atoms. The second-order valence-electron chi connectivity index (χ2n) is 4.63. The Morgan fingerprint density at radius 2 is 2.35 bits per heavy atom. The standard InChI is InChI=1S/C13H14N4O2S/c14-10-11-8(3-1-4-16-11)20-12(10)13(19)17-6-2-5-15-9(18)7-17/h1,3-4H,2,5-7,14H2,(H,15,18). The highest BCUT2D eigenvalue weighted by atomic mass is 32.1. The van der Waals surface area contributed by atoms with Gasteiger partial charge in [-0.1, -0.05) is 0 Å². The SMILES string of the molecule is Nc1c(C(=O)N2CCCNC(=O)C2)sc2cccnc12. The van der Waals surface area contributed by atoms with Gasteiger partial charge in [0.25, 0.3) is 5.91 Å². The maximum absolute atomic E-state index is 12.5. The van der Waals surface area contributed by atoms with Crippen molar-refractivity contribution in [2.24, 2.45) is 0 Å². The number of pyridine rings is 1. The Kier molecular flexibility index (Phi) is 3.27. The predicted octanol–water partition coefficient (Wildman–Crippen LogP) is 0.841. The molecule has 2 amide bonds. The summed E-state index contributed by atoms with van der Waals surface area (Å²) in [5.41, 5.74) is 7.08. The minimum absolute atomic E-state index is 0.0833. The van der Waals surface area contributed by atoms with Gasteiger partial charge in [-0.25, -0.2) is 0 Å². The number of hydrogen-bond donors (Lipinski definition) is 2. The van der Waals surface area contributed by atoms with Gasteiger partial charge >= 0.3 is 0 Å². The van der Waals surface area contributed by atoms with Crippen LogP contribution in [0.1, 0.15) is 16.1 Å². The third-order valence-electron chi connectivity index (χ3n) is 3.23. The average Bonchev–Trinajstić information content (AvgIpc) is 2.64. The number of rotatable bonds is 1. The van der Waals surface area contributed by atoms with E-state index in [4.69, 9.17) is 5.73 Å². The summed E-state index contributed by atoms with van der Waals surface area (Å²) in [5.74, 6) is -0.323. The summed E-state index contributed by atoms with van der Waals surface area (Å²) in [7, 11) is 0. The number of carbonyl (C=O) groups is 2. The van der Waals surface area contributed by atoms with Crippen LogP contribution in [0.25, 0.3) is 10.2 Å². The summed E-state index contributed by atoms with van der Waals surface area (Å²) < 4.78 is 0.882. The maximum atomic E-state index is 12.5. The number of nitrogens with zero attached hydrogens (tertiary/aromatic N) is 2. The molecule has 0 unspecified atom stereocenters. The number of aromatic nitrogens is 1. The molecule has 0 saturated carbocycles. The fraction of sp³-hybridized carbons (Fsp3) is 0.308. The van der Waals surface area contributed by atoms with E-state index in [0.29, 0.717) is 29.2 Å². The fourth-order valence-corrected chi connectivity index (χ4v) is 3.28. The summed E-state index contributed by atoms with van der Waals surface area (Å²) in [6.45, 7) is 1.24. The molecule has 1 fully saturated rings. The van der Waals surface area contributed by atoms with Gasteiger partial charge in [-0.3, -0.25) is 14.6 Å². The van der Waals surface area contributed by atoms with E-state index in [-0.39, 0.29) is 18.4 Å². The van der Waals surface area contributed by atoms with Gasteiger partial charge in [0, 0.05) is 19.3 Å². The van der Waals surface area contributed by atoms with Gasteiger partial charge in [0.05, 0.1) is 16.9 Å². The van der Waals surface area contributed by atoms with Crippen molar-refractivity contribution in [2.75, 3.05) is 25.4 Å². The van der Waals surface area contributed by atoms with Crippen LogP contribution in [0.2, 0.25) is 0 Å². The van der Waals surface area contributed by atoms with Gasteiger partial charge in [-0.05, 0) is 18.6 Å². The molecule has 0 aliphatic carbocycles. The summed E-state index contributed by atoms with van der Waals surface area (Å²) in [6, 6.07) is 3.70. The Labute approximate surface area is 119 Å². The number of fused-ring (bicyclic) bond motifs is 1. The molecule has 1 saturated heterocycles. The molecule has 104 valence electrons. The normalized spacial score (nSPS) is 16.0. The second kappa shape index (κ2) is 5.09. The summed E-state index contributed by atoms with van der Waals surface area (Å²) in [4.78, 5) is 30.3. The van der Waals surface area contributed by atoms with Crippen LogP contribution in [0.15, 0.2) is 18.3 Å². The predicted molar refractivity (Wildman–Crippen MR) is 77.6 cm³/mol. The van der Waals surface area contributed by atoms with Crippen LogP contribution in [0.3, 0.4) is 0 Å². The van der Waals surface area contributed by atoms with Gasteiger partial charge in [0.1, 0.15) is 10.4 Å². The van der Waals surface area contributed by atoms with Crippen molar-refractivity contribution in [2.45, 2.75) is 6.42 Å². The number of hydrogen-bond acceptors (Lipinski definition) is 5. The van der Waals surface area contributed by atoms with E-state index in [1.165, 1.54) is 11.3 Å². The summed E-state index contributed by atoms with van der Waals surface area (Å²) in [5, 5.41) is 2.75. The number of nitrogens with one attached hydrogen (secondary N) is 1. The van der Waals surface area contributed by atoms with E-state index in [0.717, 1.165) is 11.1 Å². The second-order valence-corrected chi connectivity index (χ2v) is 5.68. The first-order chi connectivity index (χ1) is 9.66. The van der Waals surface area contributed by atoms with Crippen molar-refractivity contribution in [1.29, 1.82) is 0 Å². The monoisotopic (exact) mass is 290 g/mol. The number of thiophene rings is 1. The van der Waals surface area contributed by atoms with Crippen molar-refractivity contribution >= 4 is 39.1 Å². The molecular weight excluding hydrogens is 276 g/mol. The van der Waals surface area contributed by atoms with E-state index in [2.05, 4.69) is 10.3 Å². The topological polar surface area (TPSA) is 88.3 Å². The van der Waals surface area contributed by atoms with Crippen LogP contribution >= 0.6 is 11.3 Å². The molecule has 1 aliphatic rings. The molecular formula is C13H14N4O2S. The van der Waals surface area contributed by atoms with Crippen molar-refractivity contribution in [3.8, 4) is 0 Å². The third kappa shape index (κ3) is 2.20. The van der Waals surface area contributed by atoms with Crippen molar-refractivity contribution in [3.05, 3.63) is 23.2 Å². The van der Waals surface area contributed by atoms with Crippen LogP contribution < -0.4 is 11.1 Å². The maximum Gasteiger partial charge on any atom is 0.266 e. The van der Waals surface area contributed by atoms with Gasteiger partial charge in [0.2, 0.25) is 5.91 Å². The highest BCUT2D eigenvalue weighted by Crippen LogP contribution is 2.32. The summed E-state index contributed by atoms with van der Waals surface area (Å²) >= 11 is 1.32. The Balaban J connectivity index is 1.95. The molecule has 0 radical (unpaired) electrons. The van der Waals surface area contributed by atoms with Gasteiger partial charge in [-0.15, -0.1) is 11.3 Å². The zero-order chi connectivity index (χ0) is 14.1. The lowest BCUT2D eigenvalue weighted by Gasteiger charge is -2.18. The molecule has 3 rings (SSSR count). The Morgan fingerprint density at radius 1 is 1.50 bits per heavy atom.